The van der Waals surface area contributed by atoms with E-state index in [1.165, 1.54) is 5.56 Å². The van der Waals surface area contributed by atoms with Crippen LogP contribution in [0.1, 0.15) is 0 Å². The Balaban J connectivity index is 2.41. The summed E-state index contributed by atoms with van der Waals surface area (Å²) in [5, 5.41) is 0. The van der Waals surface area contributed by atoms with E-state index in [0.717, 1.165) is 12.2 Å². The van der Waals surface area contributed by atoms with Crippen molar-refractivity contribution in [1.82, 2.24) is 9.55 Å². The Bertz CT molecular complexity index is 415. The largest absolute Gasteiger partial charge is 0.327 e. The molecule has 0 saturated heterocycles. The highest BCUT2D eigenvalue weighted by molar-refractivity contribution is 5.58. The van der Waals surface area contributed by atoms with Crippen LogP contribution in [-0.4, -0.2) is 9.55 Å². The van der Waals surface area contributed by atoms with Crippen LogP contribution in [0.3, 0.4) is 0 Å². The van der Waals surface area contributed by atoms with Gasteiger partial charge in [0.15, 0.2) is 0 Å². The molecule has 0 unspecified atom stereocenters. The van der Waals surface area contributed by atoms with E-state index >= 15 is 0 Å². The second-order valence-electron chi connectivity index (χ2n) is 3.09. The van der Waals surface area contributed by atoms with Gasteiger partial charge in [0.2, 0.25) is 0 Å². The molecule has 70 valence electrons. The quantitative estimate of drug-likeness (QED) is 0.671. The monoisotopic (exact) mass is 184 g/mol. The number of allylic oxidation sites excluding steroid dienone is 1. The maximum atomic E-state index is 4.13. The van der Waals surface area contributed by atoms with Gasteiger partial charge in [-0.2, -0.15) is 0 Å². The third-order valence-electron chi connectivity index (χ3n) is 2.11. The second kappa shape index (κ2) is 3.92. The van der Waals surface area contributed by atoms with Crippen molar-refractivity contribution in [3.8, 4) is 11.3 Å². The highest BCUT2D eigenvalue weighted by Crippen LogP contribution is 2.17. The normalized spacial score (nSPS) is 10.0. The van der Waals surface area contributed by atoms with Gasteiger partial charge in [-0.1, -0.05) is 36.4 Å². The molecule has 0 radical (unpaired) electrons. The maximum Gasteiger partial charge on any atom is 0.0953 e. The minimum Gasteiger partial charge on any atom is -0.327 e. The molecule has 0 atom stereocenters. The smallest absolute Gasteiger partial charge is 0.0953 e. The molecule has 0 N–H and O–H groups in total. The molecule has 14 heavy (non-hydrogen) atoms. The first-order valence-corrected chi connectivity index (χ1v) is 4.58. The molecule has 2 nitrogen and oxygen atoms in total. The fourth-order valence-corrected chi connectivity index (χ4v) is 1.45. The van der Waals surface area contributed by atoms with Crippen LogP contribution in [0.4, 0.5) is 0 Å². The Morgan fingerprint density at radius 2 is 2.07 bits per heavy atom. The fraction of sp³-hybridized carbons (Fsp3) is 0.0833. The van der Waals surface area contributed by atoms with Crippen molar-refractivity contribution in [2.24, 2.45) is 0 Å². The summed E-state index contributed by atoms with van der Waals surface area (Å²) in [4.78, 5) is 4.13. The Labute approximate surface area is 83.5 Å². The Morgan fingerprint density at radius 1 is 1.29 bits per heavy atom. The van der Waals surface area contributed by atoms with E-state index in [4.69, 9.17) is 0 Å². The van der Waals surface area contributed by atoms with Gasteiger partial charge in [0.1, 0.15) is 0 Å². The fourth-order valence-electron chi connectivity index (χ4n) is 1.45. The topological polar surface area (TPSA) is 17.8 Å². The van der Waals surface area contributed by atoms with Crippen molar-refractivity contribution in [1.29, 1.82) is 0 Å². The summed E-state index contributed by atoms with van der Waals surface area (Å²) < 4.78 is 2.07. The number of aromatic nitrogens is 2. The molecule has 0 fully saturated rings. The van der Waals surface area contributed by atoms with E-state index in [0.29, 0.717) is 0 Å². The predicted molar refractivity (Wildman–Crippen MR) is 57.9 cm³/mol. The van der Waals surface area contributed by atoms with Crippen molar-refractivity contribution < 1.29 is 0 Å². The van der Waals surface area contributed by atoms with Gasteiger partial charge in [-0.05, 0) is 5.56 Å². The molecule has 0 aliphatic heterocycles. The highest BCUT2D eigenvalue weighted by Gasteiger charge is 2.01. The summed E-state index contributed by atoms with van der Waals surface area (Å²) in [6, 6.07) is 10.2. The van der Waals surface area contributed by atoms with Crippen LogP contribution in [-0.2, 0) is 6.54 Å². The molecule has 0 bridgehead atoms. The van der Waals surface area contributed by atoms with Gasteiger partial charge in [0, 0.05) is 6.54 Å². The van der Waals surface area contributed by atoms with Crippen LogP contribution in [0, 0.1) is 0 Å². The van der Waals surface area contributed by atoms with E-state index in [9.17, 15) is 0 Å². The average molecular weight is 184 g/mol. The van der Waals surface area contributed by atoms with Crippen LogP contribution < -0.4 is 0 Å². The molecule has 1 aromatic heterocycles. The first-order chi connectivity index (χ1) is 6.92. The molecular weight excluding hydrogens is 172 g/mol. The zero-order valence-electron chi connectivity index (χ0n) is 7.93. The third-order valence-corrected chi connectivity index (χ3v) is 2.11. The van der Waals surface area contributed by atoms with Gasteiger partial charge < -0.3 is 4.57 Å². The van der Waals surface area contributed by atoms with E-state index < -0.39 is 0 Å². The molecule has 2 rings (SSSR count). The number of nitrogens with zero attached hydrogens (tertiary/aromatic N) is 2. The number of hydrogen-bond donors (Lipinski definition) is 0. The van der Waals surface area contributed by atoms with E-state index in [-0.39, 0.29) is 0 Å². The van der Waals surface area contributed by atoms with Crippen molar-refractivity contribution in [2.45, 2.75) is 6.54 Å². The predicted octanol–water partition coefficient (Wildman–Crippen LogP) is 2.74. The summed E-state index contributed by atoms with van der Waals surface area (Å²) in [6.45, 7) is 4.52. The van der Waals surface area contributed by atoms with Crippen molar-refractivity contribution in [2.75, 3.05) is 0 Å². The zero-order valence-corrected chi connectivity index (χ0v) is 7.93. The Morgan fingerprint density at radius 3 is 2.79 bits per heavy atom. The molecule has 2 aromatic rings. The summed E-state index contributed by atoms with van der Waals surface area (Å²) in [7, 11) is 0. The third kappa shape index (κ3) is 1.59. The van der Waals surface area contributed by atoms with Gasteiger partial charge in [-0.15, -0.1) is 6.58 Å². The van der Waals surface area contributed by atoms with Crippen LogP contribution in [0.15, 0.2) is 55.5 Å². The molecule has 0 amide bonds. The lowest BCUT2D eigenvalue weighted by atomic mass is 10.2. The molecular formula is C12H12N2. The van der Waals surface area contributed by atoms with Gasteiger partial charge in [-0.3, -0.25) is 0 Å². The van der Waals surface area contributed by atoms with E-state index in [1.807, 2.05) is 36.8 Å². The SMILES string of the molecule is C=CCn1cncc1-c1ccccc1. The zero-order chi connectivity index (χ0) is 9.80. The minimum absolute atomic E-state index is 0.796. The molecule has 0 spiro atoms. The second-order valence-corrected chi connectivity index (χ2v) is 3.09. The number of imidazole rings is 1. The van der Waals surface area contributed by atoms with E-state index in [2.05, 4.69) is 28.3 Å². The summed E-state index contributed by atoms with van der Waals surface area (Å²) >= 11 is 0. The number of hydrogen-bond acceptors (Lipinski definition) is 1. The molecule has 0 aliphatic carbocycles. The maximum absolute atomic E-state index is 4.13. The summed E-state index contributed by atoms with van der Waals surface area (Å²) in [6.07, 6.45) is 5.57. The lowest BCUT2D eigenvalue weighted by molar-refractivity contribution is 0.830. The Hall–Kier alpha value is -1.83. The summed E-state index contributed by atoms with van der Waals surface area (Å²) in [5.41, 5.74) is 2.32. The highest BCUT2D eigenvalue weighted by atomic mass is 15.0. The van der Waals surface area contributed by atoms with Crippen molar-refractivity contribution in [3.63, 3.8) is 0 Å². The standard InChI is InChI=1S/C12H12N2/c1-2-8-14-10-13-9-12(14)11-6-4-3-5-7-11/h2-7,9-10H,1,8H2. The molecule has 1 aromatic carbocycles. The van der Waals surface area contributed by atoms with E-state index in [1.54, 1.807) is 0 Å². The van der Waals surface area contributed by atoms with Gasteiger partial charge >= 0.3 is 0 Å². The van der Waals surface area contributed by atoms with Gasteiger partial charge in [0.05, 0.1) is 18.2 Å². The first-order valence-electron chi connectivity index (χ1n) is 4.58. The molecule has 1 heterocycles. The van der Waals surface area contributed by atoms with Gasteiger partial charge in [0.25, 0.3) is 0 Å². The minimum atomic E-state index is 0.796. The lowest BCUT2D eigenvalue weighted by Gasteiger charge is -2.04. The van der Waals surface area contributed by atoms with Crippen LogP contribution in [0.25, 0.3) is 11.3 Å². The van der Waals surface area contributed by atoms with Crippen molar-refractivity contribution in [3.05, 3.63) is 55.5 Å². The first kappa shape index (κ1) is 8.75. The average Bonchev–Trinajstić information content (AvgIpc) is 2.68. The summed E-state index contributed by atoms with van der Waals surface area (Å²) in [5.74, 6) is 0. The molecule has 0 aliphatic rings. The van der Waals surface area contributed by atoms with Crippen LogP contribution >= 0.6 is 0 Å². The van der Waals surface area contributed by atoms with Crippen LogP contribution in [0.2, 0.25) is 0 Å². The van der Waals surface area contributed by atoms with Crippen LogP contribution in [0.5, 0.6) is 0 Å². The number of rotatable bonds is 3. The molecule has 0 saturated carbocycles. The lowest BCUT2D eigenvalue weighted by Crippen LogP contribution is -1.95. The number of benzene rings is 1. The Kier molecular flexibility index (Phi) is 2.45. The van der Waals surface area contributed by atoms with Crippen molar-refractivity contribution >= 4 is 0 Å². The van der Waals surface area contributed by atoms with Gasteiger partial charge in [-0.25, -0.2) is 4.98 Å². The molecule has 2 heteroatoms.